The summed E-state index contributed by atoms with van der Waals surface area (Å²) >= 11 is 0. The molecular weight excluding hydrogens is 488 g/mol. The number of esters is 1. The minimum absolute atomic E-state index is 0.303. The molecule has 0 bridgehead atoms. The second-order valence-electron chi connectivity index (χ2n) is 11.2. The van der Waals surface area contributed by atoms with Crippen molar-refractivity contribution >= 4 is 22.6 Å². The van der Waals surface area contributed by atoms with E-state index >= 15 is 0 Å². The Morgan fingerprint density at radius 3 is 2.51 bits per heavy atom. The molecule has 0 atom stereocenters. The SMILES string of the molecule is CCOC(=O)c1c(C(C)(C)c2ccc(CC)c(N3CCC(N4CCOCC4)CC3)c2)[nH]c2cc(C#N)ccc12. The van der Waals surface area contributed by atoms with Crippen LogP contribution in [-0.4, -0.2) is 67.9 Å². The number of nitrogens with one attached hydrogen (secondary N) is 1. The van der Waals surface area contributed by atoms with E-state index in [2.05, 4.69) is 59.8 Å². The van der Waals surface area contributed by atoms with E-state index < -0.39 is 5.41 Å². The van der Waals surface area contributed by atoms with Crippen LogP contribution in [0, 0.1) is 11.3 Å². The van der Waals surface area contributed by atoms with Gasteiger partial charge in [0.15, 0.2) is 0 Å². The van der Waals surface area contributed by atoms with E-state index in [1.54, 1.807) is 6.07 Å². The van der Waals surface area contributed by atoms with Gasteiger partial charge in [-0.2, -0.15) is 5.26 Å². The number of nitrogens with zero attached hydrogens (tertiary/aromatic N) is 3. The van der Waals surface area contributed by atoms with E-state index in [9.17, 15) is 10.1 Å². The van der Waals surface area contributed by atoms with Gasteiger partial charge in [-0.05, 0) is 55.5 Å². The fourth-order valence-corrected chi connectivity index (χ4v) is 6.26. The van der Waals surface area contributed by atoms with Crippen molar-refractivity contribution in [2.75, 3.05) is 50.9 Å². The Bertz CT molecular complexity index is 1370. The Kier molecular flexibility index (Phi) is 7.97. The van der Waals surface area contributed by atoms with Crippen molar-refractivity contribution in [3.63, 3.8) is 0 Å². The Labute approximate surface area is 231 Å². The summed E-state index contributed by atoms with van der Waals surface area (Å²) in [5.74, 6) is -0.341. The van der Waals surface area contributed by atoms with Gasteiger partial charge in [-0.25, -0.2) is 4.79 Å². The minimum atomic E-state index is -0.499. The first-order valence-corrected chi connectivity index (χ1v) is 14.3. The number of aryl methyl sites for hydroxylation is 1. The van der Waals surface area contributed by atoms with Crippen LogP contribution in [0.3, 0.4) is 0 Å². The maximum Gasteiger partial charge on any atom is 0.340 e. The highest BCUT2D eigenvalue weighted by Gasteiger charge is 2.34. The van der Waals surface area contributed by atoms with E-state index in [0.29, 0.717) is 23.8 Å². The molecule has 39 heavy (non-hydrogen) atoms. The normalized spacial score (nSPS) is 17.4. The molecule has 0 radical (unpaired) electrons. The van der Waals surface area contributed by atoms with Gasteiger partial charge in [-0.15, -0.1) is 0 Å². The molecular formula is C32H40N4O3. The maximum absolute atomic E-state index is 13.2. The number of carbonyl (C=O) groups excluding carboxylic acids is 1. The standard InChI is InChI=1S/C32H40N4O3/c1-5-23-8-9-24(20-28(23)36-13-11-25(12-14-36)35-15-17-38-18-16-35)32(3,4)30-29(31(37)39-6-2)26-10-7-22(21-33)19-27(26)34-30/h7-10,19-20,25,34H,5-6,11-18H2,1-4H3. The molecule has 3 aromatic rings. The van der Waals surface area contributed by atoms with Gasteiger partial charge in [0, 0.05) is 59.9 Å². The zero-order valence-electron chi connectivity index (χ0n) is 23.7. The van der Waals surface area contributed by atoms with Gasteiger partial charge in [-0.1, -0.05) is 39.0 Å². The number of ether oxygens (including phenoxy) is 2. The molecule has 7 heteroatoms. The molecule has 3 heterocycles. The van der Waals surface area contributed by atoms with Crippen molar-refractivity contribution in [1.82, 2.24) is 9.88 Å². The van der Waals surface area contributed by atoms with E-state index in [0.717, 1.165) is 80.8 Å². The zero-order chi connectivity index (χ0) is 27.6. The molecule has 2 saturated heterocycles. The van der Waals surface area contributed by atoms with Crippen molar-refractivity contribution in [1.29, 1.82) is 5.26 Å². The zero-order valence-corrected chi connectivity index (χ0v) is 23.7. The summed E-state index contributed by atoms with van der Waals surface area (Å²) in [6.07, 6.45) is 3.29. The van der Waals surface area contributed by atoms with E-state index in [-0.39, 0.29) is 5.97 Å². The molecule has 0 unspecified atom stereocenters. The number of aromatic nitrogens is 1. The molecule has 5 rings (SSSR count). The predicted octanol–water partition coefficient (Wildman–Crippen LogP) is 5.41. The topological polar surface area (TPSA) is 81.6 Å². The summed E-state index contributed by atoms with van der Waals surface area (Å²) < 4.78 is 11.1. The lowest BCUT2D eigenvalue weighted by Gasteiger charge is -2.41. The number of piperidine rings is 1. The third kappa shape index (κ3) is 5.28. The van der Waals surface area contributed by atoms with Crippen LogP contribution >= 0.6 is 0 Å². The highest BCUT2D eigenvalue weighted by molar-refractivity contribution is 6.06. The number of aromatic amines is 1. The summed E-state index contributed by atoms with van der Waals surface area (Å²) in [5.41, 5.74) is 5.98. The van der Waals surface area contributed by atoms with Crippen LogP contribution in [-0.2, 0) is 21.3 Å². The monoisotopic (exact) mass is 528 g/mol. The minimum Gasteiger partial charge on any atom is -0.462 e. The lowest BCUT2D eigenvalue weighted by Crippen LogP contribution is -2.49. The van der Waals surface area contributed by atoms with Gasteiger partial charge in [0.25, 0.3) is 0 Å². The first-order valence-electron chi connectivity index (χ1n) is 14.3. The second-order valence-corrected chi connectivity index (χ2v) is 11.2. The van der Waals surface area contributed by atoms with Crippen LogP contribution in [0.2, 0.25) is 0 Å². The van der Waals surface area contributed by atoms with E-state index in [1.165, 1.54) is 11.3 Å². The summed E-state index contributed by atoms with van der Waals surface area (Å²) in [6, 6.07) is 15.0. The van der Waals surface area contributed by atoms with Gasteiger partial charge in [0.2, 0.25) is 0 Å². The van der Waals surface area contributed by atoms with Crippen molar-refractivity contribution in [2.24, 2.45) is 0 Å². The molecule has 2 fully saturated rings. The number of nitriles is 1. The first-order chi connectivity index (χ1) is 18.9. The summed E-state index contributed by atoms with van der Waals surface area (Å²) in [5, 5.41) is 10.2. The molecule has 206 valence electrons. The number of hydrogen-bond acceptors (Lipinski definition) is 6. The Morgan fingerprint density at radius 1 is 1.10 bits per heavy atom. The maximum atomic E-state index is 13.2. The predicted molar refractivity (Wildman–Crippen MR) is 155 cm³/mol. The average molecular weight is 529 g/mol. The lowest BCUT2D eigenvalue weighted by atomic mass is 9.78. The molecule has 7 nitrogen and oxygen atoms in total. The molecule has 2 aliphatic heterocycles. The van der Waals surface area contributed by atoms with E-state index in [4.69, 9.17) is 9.47 Å². The van der Waals surface area contributed by atoms with Crippen molar-refractivity contribution in [3.8, 4) is 6.07 Å². The Hall–Kier alpha value is -3.34. The summed E-state index contributed by atoms with van der Waals surface area (Å²) in [7, 11) is 0. The molecule has 0 aliphatic carbocycles. The third-order valence-electron chi connectivity index (χ3n) is 8.59. The fourth-order valence-electron chi connectivity index (χ4n) is 6.26. The van der Waals surface area contributed by atoms with Crippen molar-refractivity contribution in [3.05, 3.63) is 64.3 Å². The second kappa shape index (κ2) is 11.4. The van der Waals surface area contributed by atoms with Crippen LogP contribution in [0.4, 0.5) is 5.69 Å². The number of carbonyl (C=O) groups is 1. The first kappa shape index (κ1) is 27.2. The number of fused-ring (bicyclic) bond motifs is 1. The van der Waals surface area contributed by atoms with Gasteiger partial charge < -0.3 is 19.4 Å². The van der Waals surface area contributed by atoms with Crippen LogP contribution in [0.15, 0.2) is 36.4 Å². The van der Waals surface area contributed by atoms with Gasteiger partial charge in [-0.3, -0.25) is 4.90 Å². The molecule has 0 saturated carbocycles. The highest BCUT2D eigenvalue weighted by Crippen LogP contribution is 2.40. The van der Waals surface area contributed by atoms with Crippen molar-refractivity contribution < 1.29 is 14.3 Å². The third-order valence-corrected chi connectivity index (χ3v) is 8.59. The Morgan fingerprint density at radius 2 is 1.85 bits per heavy atom. The van der Waals surface area contributed by atoms with Crippen molar-refractivity contribution in [2.45, 2.75) is 58.4 Å². The van der Waals surface area contributed by atoms with Crippen LogP contribution in [0.25, 0.3) is 10.9 Å². The van der Waals surface area contributed by atoms with Crippen LogP contribution in [0.5, 0.6) is 0 Å². The number of rotatable bonds is 7. The van der Waals surface area contributed by atoms with Crippen LogP contribution in [0.1, 0.15) is 73.3 Å². The summed E-state index contributed by atoms with van der Waals surface area (Å²) in [4.78, 5) is 21.9. The lowest BCUT2D eigenvalue weighted by molar-refractivity contribution is 0.0115. The van der Waals surface area contributed by atoms with Gasteiger partial charge >= 0.3 is 5.97 Å². The quantitative estimate of drug-likeness (QED) is 0.413. The Balaban J connectivity index is 1.49. The molecule has 0 spiro atoms. The smallest absolute Gasteiger partial charge is 0.340 e. The molecule has 2 aliphatic rings. The largest absolute Gasteiger partial charge is 0.462 e. The molecule has 2 aromatic carbocycles. The number of morpholine rings is 1. The number of hydrogen-bond donors (Lipinski definition) is 1. The number of anilines is 1. The highest BCUT2D eigenvalue weighted by atomic mass is 16.5. The molecule has 1 N–H and O–H groups in total. The fraction of sp³-hybridized carbons (Fsp3) is 0.500. The molecule has 0 amide bonds. The number of benzene rings is 2. The average Bonchev–Trinajstić information content (AvgIpc) is 3.37. The number of H-pyrrole nitrogens is 1. The molecule has 1 aromatic heterocycles. The summed E-state index contributed by atoms with van der Waals surface area (Å²) in [6.45, 7) is 14.5. The van der Waals surface area contributed by atoms with E-state index in [1.807, 2.05) is 19.1 Å². The van der Waals surface area contributed by atoms with Gasteiger partial charge in [0.05, 0.1) is 37.0 Å². The van der Waals surface area contributed by atoms with Crippen LogP contribution < -0.4 is 4.90 Å². The van der Waals surface area contributed by atoms with Gasteiger partial charge in [0.1, 0.15) is 0 Å².